The van der Waals surface area contributed by atoms with Gasteiger partial charge >= 0.3 is 0 Å². The van der Waals surface area contributed by atoms with Crippen LogP contribution in [0.5, 0.6) is 11.5 Å². The highest BCUT2D eigenvalue weighted by Crippen LogP contribution is 2.61. The first kappa shape index (κ1) is 35.0. The summed E-state index contributed by atoms with van der Waals surface area (Å²) in [5, 5.41) is 2.47. The first-order valence-corrected chi connectivity index (χ1v) is 20.2. The average Bonchev–Trinajstić information content (AvgIpc) is 3.46. The van der Waals surface area contributed by atoms with Gasteiger partial charge < -0.3 is 4.74 Å². The van der Waals surface area contributed by atoms with Crippen LogP contribution in [0.4, 0.5) is 17.2 Å². The van der Waals surface area contributed by atoms with Crippen LogP contribution in [0.25, 0.3) is 27.6 Å². The fourth-order valence-electron chi connectivity index (χ4n) is 9.91. The molecule has 0 spiro atoms. The van der Waals surface area contributed by atoms with Crippen molar-refractivity contribution < 1.29 is 4.74 Å². The predicted molar refractivity (Wildman–Crippen MR) is 231 cm³/mol. The molecule has 3 aliphatic heterocycles. The maximum absolute atomic E-state index is 6.91. The van der Waals surface area contributed by atoms with E-state index in [4.69, 9.17) is 14.7 Å². The number of rotatable bonds is 2. The van der Waals surface area contributed by atoms with Crippen molar-refractivity contribution >= 4 is 39.0 Å². The van der Waals surface area contributed by atoms with E-state index in [1.807, 2.05) is 12.4 Å². The van der Waals surface area contributed by atoms with Crippen LogP contribution in [0.2, 0.25) is 0 Å². The average molecular weight is 737 g/mol. The lowest BCUT2D eigenvalue weighted by molar-refractivity contribution is 0.482. The lowest BCUT2D eigenvalue weighted by Gasteiger charge is -2.49. The van der Waals surface area contributed by atoms with Crippen LogP contribution >= 0.6 is 0 Å². The summed E-state index contributed by atoms with van der Waals surface area (Å²) < 4.78 is 9.29. The molecule has 10 rings (SSSR count). The number of anilines is 3. The summed E-state index contributed by atoms with van der Waals surface area (Å²) in [6.45, 7) is 28.0. The molecule has 0 saturated carbocycles. The van der Waals surface area contributed by atoms with Gasteiger partial charge in [0.05, 0.1) is 22.4 Å². The second-order valence-corrected chi connectivity index (χ2v) is 20.1. The summed E-state index contributed by atoms with van der Waals surface area (Å²) in [6.07, 6.45) is 3.84. The van der Waals surface area contributed by atoms with Gasteiger partial charge in [0.15, 0.2) is 0 Å². The van der Waals surface area contributed by atoms with Crippen LogP contribution in [0, 0.1) is 0 Å². The lowest BCUT2D eigenvalue weighted by Crippen LogP contribution is -2.39. The molecule has 0 radical (unpaired) electrons. The molecule has 6 heterocycles. The molecule has 56 heavy (non-hydrogen) atoms. The second kappa shape index (κ2) is 10.9. The smallest absolute Gasteiger partial charge is 0.141 e. The van der Waals surface area contributed by atoms with Crippen molar-refractivity contribution in [3.05, 3.63) is 142 Å². The number of fused-ring (bicyclic) bond motifs is 9. The minimum absolute atomic E-state index is 0.00474. The molecule has 282 valence electrons. The first-order chi connectivity index (χ1) is 26.3. The molecule has 4 aromatic carbocycles. The highest BCUT2D eigenvalue weighted by Gasteiger charge is 2.47. The van der Waals surface area contributed by atoms with Crippen LogP contribution in [0.1, 0.15) is 128 Å². The van der Waals surface area contributed by atoms with Crippen LogP contribution in [-0.4, -0.2) is 14.5 Å². The largest absolute Gasteiger partial charge is 0.457 e. The molecule has 0 N–H and O–H groups in total. The van der Waals surface area contributed by atoms with Crippen molar-refractivity contribution in [2.24, 2.45) is 0 Å². The van der Waals surface area contributed by atoms with Gasteiger partial charge in [-0.3, -0.25) is 9.47 Å². The molecule has 5 nitrogen and oxygen atoms in total. The monoisotopic (exact) mass is 736 g/mol. The molecule has 0 atom stereocenters. The Bertz CT molecular complexity index is 2820. The first-order valence-electron chi connectivity index (χ1n) is 20.2. The third kappa shape index (κ3) is 4.60. The van der Waals surface area contributed by atoms with Crippen LogP contribution in [0.3, 0.4) is 0 Å². The number of hydrogen-bond acceptors (Lipinski definition) is 4. The Kier molecular flexibility index (Phi) is 6.82. The molecule has 0 fully saturated rings. The highest BCUT2D eigenvalue weighted by molar-refractivity contribution is 6.12. The van der Waals surface area contributed by atoms with Crippen molar-refractivity contribution in [2.75, 3.05) is 4.90 Å². The molecule has 0 amide bonds. The van der Waals surface area contributed by atoms with Crippen molar-refractivity contribution in [3.63, 3.8) is 0 Å². The molecule has 7 aromatic rings. The van der Waals surface area contributed by atoms with Crippen molar-refractivity contribution in [3.8, 4) is 17.3 Å². The molecule has 0 unspecified atom stereocenters. The van der Waals surface area contributed by atoms with Crippen molar-refractivity contribution in [1.29, 1.82) is 0 Å². The molecule has 0 saturated heterocycles. The second-order valence-electron chi connectivity index (χ2n) is 20.1. The minimum atomic E-state index is -0.247. The lowest BCUT2D eigenvalue weighted by atomic mass is 9.65. The molecular formula is C51H52N4O. The molecule has 3 aliphatic rings. The van der Waals surface area contributed by atoms with E-state index in [0.29, 0.717) is 0 Å². The Morgan fingerprint density at radius 3 is 1.71 bits per heavy atom. The number of hydrogen-bond donors (Lipinski definition) is 0. The van der Waals surface area contributed by atoms with Gasteiger partial charge in [0.1, 0.15) is 23.1 Å². The van der Waals surface area contributed by atoms with E-state index < -0.39 is 0 Å². The Morgan fingerprint density at radius 2 is 1.05 bits per heavy atom. The van der Waals surface area contributed by atoms with Gasteiger partial charge in [-0.15, -0.1) is 0 Å². The Morgan fingerprint density at radius 1 is 0.518 bits per heavy atom. The van der Waals surface area contributed by atoms with E-state index in [-0.39, 0.29) is 27.1 Å². The molecule has 0 aliphatic carbocycles. The van der Waals surface area contributed by atoms with E-state index >= 15 is 0 Å². The highest BCUT2D eigenvalue weighted by atomic mass is 16.5. The maximum Gasteiger partial charge on any atom is 0.141 e. The van der Waals surface area contributed by atoms with E-state index in [0.717, 1.165) is 34.3 Å². The standard InChI is InChI=1S/C51H52N4O/c1-47(2,3)29-23-34-33-19-17-31(27-41(33)54-43(34)38(24-29)50(9,10)36-15-13-21-52-45(36)54)56-32-18-20-35-42(28-32)55-44-39(49(35,7)8)25-30(48(4,5)6)26-40(44)51(11,12)37-16-14-22-53-46(37)55/h13-28H,1-12H3. The van der Waals surface area contributed by atoms with E-state index in [2.05, 4.69) is 177 Å². The fourth-order valence-corrected chi connectivity index (χ4v) is 9.91. The Hall–Kier alpha value is -5.42. The normalized spacial score (nSPS) is 17.0. The Balaban J connectivity index is 1.16. The van der Waals surface area contributed by atoms with Gasteiger partial charge in [0.25, 0.3) is 0 Å². The molecular weight excluding hydrogens is 685 g/mol. The van der Waals surface area contributed by atoms with E-state index in [1.165, 1.54) is 66.5 Å². The SMILES string of the molecule is CC(C)(C)c1cc2c3c(c1)C(C)(C)c1cccnc1N3c1cc(Oc3ccc4c5cc(C(C)(C)C)cc6c5n(c4c3)-c3ncccc3C6(C)C)ccc1C2(C)C. The topological polar surface area (TPSA) is 43.2 Å². The number of aromatic nitrogens is 3. The van der Waals surface area contributed by atoms with Gasteiger partial charge in [0, 0.05) is 62.7 Å². The summed E-state index contributed by atoms with van der Waals surface area (Å²) in [4.78, 5) is 12.5. The van der Waals surface area contributed by atoms with Gasteiger partial charge in [-0.05, 0) is 80.6 Å². The number of ether oxygens (including phenoxy) is 1. The van der Waals surface area contributed by atoms with Gasteiger partial charge in [0.2, 0.25) is 0 Å². The van der Waals surface area contributed by atoms with E-state index in [1.54, 1.807) is 0 Å². The summed E-state index contributed by atoms with van der Waals surface area (Å²) in [7, 11) is 0. The maximum atomic E-state index is 6.91. The summed E-state index contributed by atoms with van der Waals surface area (Å²) in [5.41, 5.74) is 14.5. The zero-order valence-corrected chi connectivity index (χ0v) is 34.9. The zero-order valence-electron chi connectivity index (χ0n) is 34.9. The quantitative estimate of drug-likeness (QED) is 0.177. The third-order valence-corrected chi connectivity index (χ3v) is 13.4. The van der Waals surface area contributed by atoms with Crippen LogP contribution < -0.4 is 9.64 Å². The summed E-state index contributed by atoms with van der Waals surface area (Å²) >= 11 is 0. The van der Waals surface area contributed by atoms with Crippen molar-refractivity contribution in [1.82, 2.24) is 14.5 Å². The van der Waals surface area contributed by atoms with Gasteiger partial charge in [-0.1, -0.05) is 119 Å². The predicted octanol–water partition coefficient (Wildman–Crippen LogP) is 13.3. The number of benzene rings is 4. The number of pyridine rings is 2. The van der Waals surface area contributed by atoms with Gasteiger partial charge in [-0.2, -0.15) is 0 Å². The summed E-state index contributed by atoms with van der Waals surface area (Å²) in [6, 6.07) is 31.6. The number of nitrogens with zero attached hydrogens (tertiary/aromatic N) is 4. The minimum Gasteiger partial charge on any atom is -0.457 e. The molecule has 5 heteroatoms. The van der Waals surface area contributed by atoms with Crippen LogP contribution in [0.15, 0.2) is 97.3 Å². The van der Waals surface area contributed by atoms with E-state index in [9.17, 15) is 0 Å². The van der Waals surface area contributed by atoms with Crippen molar-refractivity contribution in [2.45, 2.75) is 110 Å². The molecule has 0 bridgehead atoms. The van der Waals surface area contributed by atoms with Crippen LogP contribution in [-0.2, 0) is 27.1 Å². The molecule has 3 aromatic heterocycles. The summed E-state index contributed by atoms with van der Waals surface area (Å²) in [5.74, 6) is 3.57. The third-order valence-electron chi connectivity index (χ3n) is 13.4. The Labute approximate surface area is 331 Å². The van der Waals surface area contributed by atoms with Gasteiger partial charge in [-0.25, -0.2) is 9.97 Å². The fraction of sp³-hybridized carbons (Fsp3) is 0.333. The zero-order chi connectivity index (χ0) is 39.5.